The van der Waals surface area contributed by atoms with E-state index < -0.39 is 0 Å². The summed E-state index contributed by atoms with van der Waals surface area (Å²) in [5.41, 5.74) is 2.06. The van der Waals surface area contributed by atoms with Crippen molar-refractivity contribution in [1.29, 1.82) is 0 Å². The van der Waals surface area contributed by atoms with Crippen molar-refractivity contribution in [2.45, 2.75) is 12.5 Å². The number of ether oxygens (including phenoxy) is 2. The van der Waals surface area contributed by atoms with Crippen molar-refractivity contribution in [3.8, 4) is 17.1 Å². The molecule has 4 rings (SSSR count). The van der Waals surface area contributed by atoms with Gasteiger partial charge < -0.3 is 14.0 Å². The van der Waals surface area contributed by atoms with Crippen LogP contribution in [0.15, 0.2) is 55.1 Å². The number of nitrogens with zero attached hydrogens (tertiary/aromatic N) is 3. The van der Waals surface area contributed by atoms with Crippen LogP contribution in [0.5, 0.6) is 5.75 Å². The number of halogens is 1. The Kier molecular flexibility index (Phi) is 4.67. The van der Waals surface area contributed by atoms with Gasteiger partial charge in [-0.3, -0.25) is 4.98 Å². The molecule has 6 heteroatoms. The fraction of sp³-hybridized carbons (Fsp3) is 0.300. The molecule has 0 radical (unpaired) electrons. The van der Waals surface area contributed by atoms with Crippen LogP contribution in [0.2, 0.25) is 0 Å². The Hall–Kier alpha value is -2.73. The van der Waals surface area contributed by atoms with Crippen molar-refractivity contribution in [1.82, 2.24) is 14.5 Å². The minimum Gasteiger partial charge on any atom is -0.494 e. The van der Waals surface area contributed by atoms with Gasteiger partial charge in [-0.1, -0.05) is 0 Å². The lowest BCUT2D eigenvalue weighted by molar-refractivity contribution is 0.181. The van der Waals surface area contributed by atoms with E-state index in [1.807, 2.05) is 30.7 Å². The molecule has 0 unspecified atom stereocenters. The van der Waals surface area contributed by atoms with Gasteiger partial charge >= 0.3 is 0 Å². The van der Waals surface area contributed by atoms with Gasteiger partial charge in [-0.25, -0.2) is 9.37 Å². The Morgan fingerprint density at radius 3 is 2.85 bits per heavy atom. The molecule has 0 amide bonds. The third-order valence-electron chi connectivity index (χ3n) is 4.85. The number of aromatic nitrogens is 3. The van der Waals surface area contributed by atoms with E-state index in [1.165, 1.54) is 18.7 Å². The highest BCUT2D eigenvalue weighted by Gasteiger charge is 2.31. The molecule has 5 nitrogen and oxygen atoms in total. The second-order valence-corrected chi connectivity index (χ2v) is 6.43. The van der Waals surface area contributed by atoms with Crippen molar-refractivity contribution < 1.29 is 13.9 Å². The van der Waals surface area contributed by atoms with Crippen molar-refractivity contribution >= 4 is 0 Å². The van der Waals surface area contributed by atoms with Crippen LogP contribution in [0.3, 0.4) is 0 Å². The first-order valence-electron chi connectivity index (χ1n) is 8.59. The predicted molar refractivity (Wildman–Crippen MR) is 95.5 cm³/mol. The molecular formula is C20H20FN3O2. The molecule has 134 valence electrons. The fourth-order valence-electron chi connectivity index (χ4n) is 3.51. The summed E-state index contributed by atoms with van der Waals surface area (Å²) in [4.78, 5) is 8.57. The van der Waals surface area contributed by atoms with Crippen LogP contribution in [0, 0.1) is 11.7 Å². The maximum Gasteiger partial charge on any atom is 0.165 e. The minimum atomic E-state index is -0.380. The van der Waals surface area contributed by atoms with E-state index in [0.717, 1.165) is 17.8 Å². The van der Waals surface area contributed by atoms with Gasteiger partial charge in [-0.05, 0) is 42.3 Å². The van der Waals surface area contributed by atoms with Crippen LogP contribution in [0.4, 0.5) is 4.39 Å². The monoisotopic (exact) mass is 353 g/mol. The molecule has 1 aliphatic rings. The highest BCUT2D eigenvalue weighted by Crippen LogP contribution is 2.33. The zero-order chi connectivity index (χ0) is 17.9. The highest BCUT2D eigenvalue weighted by atomic mass is 19.1. The Morgan fingerprint density at radius 2 is 2.04 bits per heavy atom. The molecule has 2 atom stereocenters. The van der Waals surface area contributed by atoms with Crippen LogP contribution in [-0.4, -0.2) is 34.9 Å². The fourth-order valence-corrected chi connectivity index (χ4v) is 3.51. The first kappa shape index (κ1) is 16.7. The average molecular weight is 353 g/mol. The normalized spacial score (nSPS) is 19.6. The average Bonchev–Trinajstić information content (AvgIpc) is 3.32. The molecule has 1 aromatic carbocycles. The second kappa shape index (κ2) is 7.25. The zero-order valence-electron chi connectivity index (χ0n) is 14.5. The van der Waals surface area contributed by atoms with Crippen LogP contribution in [-0.2, 0) is 11.2 Å². The van der Waals surface area contributed by atoms with Crippen LogP contribution in [0.25, 0.3) is 11.4 Å². The number of hydrogen-bond acceptors (Lipinski definition) is 4. The summed E-state index contributed by atoms with van der Waals surface area (Å²) in [5.74, 6) is 0.966. The van der Waals surface area contributed by atoms with E-state index in [2.05, 4.69) is 14.5 Å². The molecule has 0 spiro atoms. The third-order valence-corrected chi connectivity index (χ3v) is 4.85. The van der Waals surface area contributed by atoms with E-state index in [9.17, 15) is 4.39 Å². The topological polar surface area (TPSA) is 49.2 Å². The summed E-state index contributed by atoms with van der Waals surface area (Å²) in [7, 11) is 1.46. The number of imidazole rings is 1. The Labute approximate surface area is 151 Å². The standard InChI is InChI=1S/C20H20FN3O2/c1-25-19-11-15(2-3-17(19)21)20-23-8-9-24(20)18-13-26-12-16(18)10-14-4-6-22-7-5-14/h2-9,11,16,18H,10,12-13H2,1H3/t16-,18-/m1/s1. The van der Waals surface area contributed by atoms with Gasteiger partial charge in [-0.2, -0.15) is 0 Å². The number of rotatable bonds is 5. The SMILES string of the molecule is COc1cc(-c2nccn2[C@@H]2COC[C@H]2Cc2ccncc2)ccc1F. The second-order valence-electron chi connectivity index (χ2n) is 6.43. The molecule has 0 aliphatic carbocycles. The van der Waals surface area contributed by atoms with Crippen LogP contribution >= 0.6 is 0 Å². The predicted octanol–water partition coefficient (Wildman–Crippen LogP) is 3.52. The number of benzene rings is 1. The summed E-state index contributed by atoms with van der Waals surface area (Å²) in [6, 6.07) is 9.07. The van der Waals surface area contributed by atoms with Crippen LogP contribution < -0.4 is 4.74 Å². The van der Waals surface area contributed by atoms with Crippen molar-refractivity contribution in [2.75, 3.05) is 20.3 Å². The molecule has 0 bridgehead atoms. The summed E-state index contributed by atoms with van der Waals surface area (Å²) in [5, 5.41) is 0. The van der Waals surface area contributed by atoms with E-state index in [4.69, 9.17) is 9.47 Å². The maximum atomic E-state index is 13.7. The minimum absolute atomic E-state index is 0.178. The Bertz CT molecular complexity index is 882. The highest BCUT2D eigenvalue weighted by molar-refractivity contribution is 5.58. The lowest BCUT2D eigenvalue weighted by Gasteiger charge is -2.21. The quantitative estimate of drug-likeness (QED) is 0.704. The molecule has 3 aromatic rings. The van der Waals surface area contributed by atoms with Gasteiger partial charge in [0, 0.05) is 36.3 Å². The van der Waals surface area contributed by atoms with Crippen molar-refractivity contribution in [3.05, 3.63) is 66.5 Å². The molecule has 3 heterocycles. The van der Waals surface area contributed by atoms with Crippen molar-refractivity contribution in [2.24, 2.45) is 5.92 Å². The number of hydrogen-bond donors (Lipinski definition) is 0. The van der Waals surface area contributed by atoms with Gasteiger partial charge in [0.2, 0.25) is 0 Å². The zero-order valence-corrected chi connectivity index (χ0v) is 14.5. The smallest absolute Gasteiger partial charge is 0.165 e. The van der Waals surface area contributed by atoms with E-state index in [0.29, 0.717) is 19.1 Å². The summed E-state index contributed by atoms with van der Waals surface area (Å²) >= 11 is 0. The molecule has 2 aromatic heterocycles. The van der Waals surface area contributed by atoms with E-state index in [1.54, 1.807) is 18.3 Å². The molecule has 26 heavy (non-hydrogen) atoms. The molecule has 1 fully saturated rings. The Balaban J connectivity index is 1.63. The molecular weight excluding hydrogens is 333 g/mol. The molecule has 1 aliphatic heterocycles. The lowest BCUT2D eigenvalue weighted by atomic mass is 9.95. The maximum absolute atomic E-state index is 13.7. The lowest BCUT2D eigenvalue weighted by Crippen LogP contribution is -2.20. The summed E-state index contributed by atoms with van der Waals surface area (Å²) < 4.78 is 26.7. The van der Waals surface area contributed by atoms with Crippen LogP contribution in [0.1, 0.15) is 11.6 Å². The van der Waals surface area contributed by atoms with Gasteiger partial charge in [0.15, 0.2) is 11.6 Å². The van der Waals surface area contributed by atoms with Crippen molar-refractivity contribution in [3.63, 3.8) is 0 Å². The van der Waals surface area contributed by atoms with E-state index >= 15 is 0 Å². The Morgan fingerprint density at radius 1 is 1.19 bits per heavy atom. The summed E-state index contributed by atoms with van der Waals surface area (Å²) in [6.45, 7) is 1.34. The van der Waals surface area contributed by atoms with Gasteiger partial charge in [0.1, 0.15) is 5.82 Å². The number of pyridine rings is 1. The number of methoxy groups -OCH3 is 1. The largest absolute Gasteiger partial charge is 0.494 e. The molecule has 0 saturated carbocycles. The van der Waals surface area contributed by atoms with Gasteiger partial charge in [-0.15, -0.1) is 0 Å². The molecule has 0 N–H and O–H groups in total. The first-order valence-corrected chi connectivity index (χ1v) is 8.59. The first-order chi connectivity index (χ1) is 12.8. The van der Waals surface area contributed by atoms with Gasteiger partial charge in [0.05, 0.1) is 26.4 Å². The molecule has 1 saturated heterocycles. The summed E-state index contributed by atoms with van der Waals surface area (Å²) in [6.07, 6.45) is 8.27. The third kappa shape index (κ3) is 3.20. The van der Waals surface area contributed by atoms with E-state index in [-0.39, 0.29) is 17.6 Å². The van der Waals surface area contributed by atoms with Gasteiger partial charge in [0.25, 0.3) is 0 Å².